The van der Waals surface area contributed by atoms with E-state index in [0.29, 0.717) is 12.0 Å². The van der Waals surface area contributed by atoms with Crippen LogP contribution in [0.1, 0.15) is 49.6 Å². The molecule has 19 heavy (non-hydrogen) atoms. The molecular weight excluding hydrogens is 250 g/mol. The van der Waals surface area contributed by atoms with Crippen molar-refractivity contribution in [3.8, 4) is 10.4 Å². The molecule has 1 unspecified atom stereocenters. The van der Waals surface area contributed by atoms with Gasteiger partial charge >= 0.3 is 0 Å². The molecule has 0 aliphatic heterocycles. The zero-order chi connectivity index (χ0) is 13.8. The minimum atomic E-state index is 0.479. The molecule has 0 spiro atoms. The summed E-state index contributed by atoms with van der Waals surface area (Å²) in [6, 6.07) is 13.9. The molecule has 1 aromatic heterocycles. The number of benzene rings is 1. The molecule has 1 N–H and O–H groups in total. The Labute approximate surface area is 120 Å². The van der Waals surface area contributed by atoms with Crippen LogP contribution in [0.2, 0.25) is 0 Å². The van der Waals surface area contributed by atoms with Crippen LogP contribution in [0, 0.1) is 0 Å². The van der Waals surface area contributed by atoms with Crippen LogP contribution in [0.15, 0.2) is 36.4 Å². The summed E-state index contributed by atoms with van der Waals surface area (Å²) in [7, 11) is 2.03. The fraction of sp³-hybridized carbons (Fsp3) is 0.412. The van der Waals surface area contributed by atoms with Crippen LogP contribution < -0.4 is 5.32 Å². The Kier molecular flexibility index (Phi) is 4.78. The van der Waals surface area contributed by atoms with Crippen LogP contribution in [-0.4, -0.2) is 7.05 Å². The first-order chi connectivity index (χ1) is 9.15. The second-order valence-corrected chi connectivity index (χ2v) is 6.35. The molecule has 102 valence electrons. The topological polar surface area (TPSA) is 12.0 Å². The summed E-state index contributed by atoms with van der Waals surface area (Å²) in [5.41, 5.74) is 2.75. The summed E-state index contributed by atoms with van der Waals surface area (Å²) in [5, 5.41) is 3.37. The Morgan fingerprint density at radius 3 is 2.58 bits per heavy atom. The van der Waals surface area contributed by atoms with Crippen LogP contribution in [0.3, 0.4) is 0 Å². The van der Waals surface area contributed by atoms with E-state index in [4.69, 9.17) is 0 Å². The monoisotopic (exact) mass is 273 g/mol. The second-order valence-electron chi connectivity index (χ2n) is 5.23. The Balaban J connectivity index is 2.30. The van der Waals surface area contributed by atoms with Gasteiger partial charge < -0.3 is 5.32 Å². The second kappa shape index (κ2) is 6.36. The van der Waals surface area contributed by atoms with E-state index in [1.54, 1.807) is 0 Å². The van der Waals surface area contributed by atoms with Gasteiger partial charge in [0.05, 0.1) is 0 Å². The zero-order valence-corrected chi connectivity index (χ0v) is 13.1. The van der Waals surface area contributed by atoms with Gasteiger partial charge in [0.2, 0.25) is 0 Å². The number of hydrogen-bond donors (Lipinski definition) is 1. The highest BCUT2D eigenvalue weighted by Crippen LogP contribution is 2.33. The average Bonchev–Trinajstić information content (AvgIpc) is 2.90. The molecule has 2 heteroatoms. The molecule has 0 saturated carbocycles. The molecule has 1 heterocycles. The first kappa shape index (κ1) is 14.3. The third-order valence-electron chi connectivity index (χ3n) is 3.56. The smallest absolute Gasteiger partial charge is 0.0409 e. The number of thiophene rings is 1. The summed E-state index contributed by atoms with van der Waals surface area (Å²) in [6.45, 7) is 6.71. The van der Waals surface area contributed by atoms with Crippen LogP contribution in [-0.2, 0) is 0 Å². The van der Waals surface area contributed by atoms with Crippen molar-refractivity contribution in [3.63, 3.8) is 0 Å². The maximum Gasteiger partial charge on any atom is 0.0409 e. The predicted octanol–water partition coefficient (Wildman–Crippen LogP) is 5.21. The lowest BCUT2D eigenvalue weighted by Gasteiger charge is -2.11. The van der Waals surface area contributed by atoms with Crippen LogP contribution in [0.4, 0.5) is 0 Å². The standard InChI is InChI=1S/C17H23NS/c1-5-15(18-4)17-10-9-16(19-17)14-8-6-7-13(11-14)12(2)3/h6-12,15,18H,5H2,1-4H3. The van der Waals surface area contributed by atoms with Gasteiger partial charge in [-0.3, -0.25) is 0 Å². The van der Waals surface area contributed by atoms with E-state index in [9.17, 15) is 0 Å². The maximum atomic E-state index is 3.37. The van der Waals surface area contributed by atoms with Crippen molar-refractivity contribution in [2.75, 3.05) is 7.05 Å². The minimum Gasteiger partial charge on any atom is -0.312 e. The molecule has 0 aliphatic carbocycles. The SMILES string of the molecule is CCC(NC)c1ccc(-c2cccc(C(C)C)c2)s1. The highest BCUT2D eigenvalue weighted by atomic mass is 32.1. The van der Waals surface area contributed by atoms with Crippen LogP contribution in [0.5, 0.6) is 0 Å². The van der Waals surface area contributed by atoms with Gasteiger partial charge in [0.15, 0.2) is 0 Å². The van der Waals surface area contributed by atoms with Crippen molar-refractivity contribution in [1.82, 2.24) is 5.32 Å². The minimum absolute atomic E-state index is 0.479. The van der Waals surface area contributed by atoms with E-state index in [-0.39, 0.29) is 0 Å². The fourth-order valence-electron chi connectivity index (χ4n) is 2.29. The van der Waals surface area contributed by atoms with Crippen molar-refractivity contribution >= 4 is 11.3 Å². The maximum absolute atomic E-state index is 3.37. The molecule has 2 aromatic rings. The molecule has 1 atom stereocenters. The van der Waals surface area contributed by atoms with Crippen molar-refractivity contribution in [2.45, 2.75) is 39.2 Å². The summed E-state index contributed by atoms with van der Waals surface area (Å²) in [6.07, 6.45) is 1.13. The third-order valence-corrected chi connectivity index (χ3v) is 4.81. The van der Waals surface area contributed by atoms with E-state index < -0.39 is 0 Å². The molecule has 0 fully saturated rings. The van der Waals surface area contributed by atoms with Crippen molar-refractivity contribution in [2.24, 2.45) is 0 Å². The first-order valence-electron chi connectivity index (χ1n) is 7.03. The van der Waals surface area contributed by atoms with Gasteiger partial charge in [0.25, 0.3) is 0 Å². The molecule has 1 nitrogen and oxygen atoms in total. The molecule has 0 bridgehead atoms. The van der Waals surface area contributed by atoms with Gasteiger partial charge in [-0.1, -0.05) is 45.0 Å². The van der Waals surface area contributed by atoms with Gasteiger partial charge in [0, 0.05) is 15.8 Å². The summed E-state index contributed by atoms with van der Waals surface area (Å²) in [5.74, 6) is 0.583. The first-order valence-corrected chi connectivity index (χ1v) is 7.84. The molecule has 0 amide bonds. The Hall–Kier alpha value is -1.12. The van der Waals surface area contributed by atoms with E-state index in [2.05, 4.69) is 62.5 Å². The third kappa shape index (κ3) is 3.26. The van der Waals surface area contributed by atoms with Gasteiger partial charge in [0.1, 0.15) is 0 Å². The Bertz CT molecular complexity index is 524. The Morgan fingerprint density at radius 2 is 1.95 bits per heavy atom. The van der Waals surface area contributed by atoms with Crippen LogP contribution >= 0.6 is 11.3 Å². The normalized spacial score (nSPS) is 12.9. The lowest BCUT2D eigenvalue weighted by Crippen LogP contribution is -2.13. The molecular formula is C17H23NS. The lowest BCUT2D eigenvalue weighted by atomic mass is 10.0. The van der Waals surface area contributed by atoms with Gasteiger partial charge in [-0.15, -0.1) is 11.3 Å². The zero-order valence-electron chi connectivity index (χ0n) is 12.2. The number of hydrogen-bond acceptors (Lipinski definition) is 2. The molecule has 1 aromatic carbocycles. The van der Waals surface area contributed by atoms with Gasteiger partial charge in [-0.25, -0.2) is 0 Å². The Morgan fingerprint density at radius 1 is 1.16 bits per heavy atom. The number of rotatable bonds is 5. The van der Waals surface area contributed by atoms with Crippen molar-refractivity contribution < 1.29 is 0 Å². The molecule has 0 radical (unpaired) electrons. The summed E-state index contributed by atoms with van der Waals surface area (Å²) >= 11 is 1.90. The van der Waals surface area contributed by atoms with Gasteiger partial charge in [-0.05, 0) is 42.6 Å². The summed E-state index contributed by atoms with van der Waals surface area (Å²) in [4.78, 5) is 2.79. The van der Waals surface area contributed by atoms with Gasteiger partial charge in [-0.2, -0.15) is 0 Å². The van der Waals surface area contributed by atoms with E-state index >= 15 is 0 Å². The lowest BCUT2D eigenvalue weighted by molar-refractivity contribution is 0.586. The number of nitrogens with one attached hydrogen (secondary N) is 1. The predicted molar refractivity (Wildman–Crippen MR) is 85.9 cm³/mol. The molecule has 2 rings (SSSR count). The van der Waals surface area contributed by atoms with Crippen molar-refractivity contribution in [1.29, 1.82) is 0 Å². The molecule has 0 saturated heterocycles. The van der Waals surface area contributed by atoms with Crippen LogP contribution in [0.25, 0.3) is 10.4 Å². The highest BCUT2D eigenvalue weighted by Gasteiger charge is 2.11. The van der Waals surface area contributed by atoms with Crippen molar-refractivity contribution in [3.05, 3.63) is 46.8 Å². The largest absolute Gasteiger partial charge is 0.312 e. The van der Waals surface area contributed by atoms with E-state index in [1.807, 2.05) is 18.4 Å². The average molecular weight is 273 g/mol. The van der Waals surface area contributed by atoms with E-state index in [1.165, 1.54) is 20.9 Å². The van der Waals surface area contributed by atoms with E-state index in [0.717, 1.165) is 6.42 Å². The highest BCUT2D eigenvalue weighted by molar-refractivity contribution is 7.15. The fourth-order valence-corrected chi connectivity index (χ4v) is 3.49. The quantitative estimate of drug-likeness (QED) is 0.788. The molecule has 0 aliphatic rings. The summed E-state index contributed by atoms with van der Waals surface area (Å²) < 4.78 is 0.